The van der Waals surface area contributed by atoms with Crippen molar-refractivity contribution in [2.45, 2.75) is 38.9 Å². The average Bonchev–Trinajstić information content (AvgIpc) is 3.16. The van der Waals surface area contributed by atoms with E-state index in [9.17, 15) is 13.2 Å². The number of nitrogens with zero attached hydrogens (tertiary/aromatic N) is 2. The Hall–Kier alpha value is -1.84. The molecule has 0 aliphatic carbocycles. The first-order chi connectivity index (χ1) is 13.8. The number of amides is 1. The van der Waals surface area contributed by atoms with Crippen LogP contribution in [-0.2, 0) is 19.6 Å². The van der Waals surface area contributed by atoms with Crippen LogP contribution in [-0.4, -0.2) is 81.4 Å². The molecule has 2 saturated heterocycles. The van der Waals surface area contributed by atoms with E-state index in [1.165, 1.54) is 0 Å². The van der Waals surface area contributed by atoms with Crippen molar-refractivity contribution < 1.29 is 22.7 Å². The van der Waals surface area contributed by atoms with Crippen LogP contribution in [0, 0.1) is 0 Å². The number of hydrogen-bond acceptors (Lipinski definition) is 6. The predicted molar refractivity (Wildman–Crippen MR) is 112 cm³/mol. The van der Waals surface area contributed by atoms with Crippen molar-refractivity contribution in [3.8, 4) is 5.75 Å². The molecule has 1 aromatic rings. The molecule has 2 fully saturated rings. The van der Waals surface area contributed by atoms with Gasteiger partial charge in [-0.3, -0.25) is 14.4 Å². The van der Waals surface area contributed by atoms with Crippen molar-refractivity contribution in [1.82, 2.24) is 9.80 Å². The zero-order valence-corrected chi connectivity index (χ0v) is 18.0. The highest BCUT2D eigenvalue weighted by Gasteiger charge is 2.27. The predicted octanol–water partition coefficient (Wildman–Crippen LogP) is 1.54. The van der Waals surface area contributed by atoms with E-state index in [0.29, 0.717) is 30.6 Å². The summed E-state index contributed by atoms with van der Waals surface area (Å²) in [4.78, 5) is 16.4. The fourth-order valence-corrected chi connectivity index (χ4v) is 4.67. The van der Waals surface area contributed by atoms with E-state index in [4.69, 9.17) is 9.47 Å². The van der Waals surface area contributed by atoms with Crippen LogP contribution in [0.1, 0.15) is 26.7 Å². The zero-order valence-electron chi connectivity index (χ0n) is 17.2. The fraction of sp³-hybridized carbons (Fsp3) is 0.650. The van der Waals surface area contributed by atoms with Crippen molar-refractivity contribution in [1.29, 1.82) is 0 Å². The van der Waals surface area contributed by atoms with Gasteiger partial charge >= 0.3 is 0 Å². The van der Waals surface area contributed by atoms with Crippen molar-refractivity contribution in [2.75, 3.05) is 49.8 Å². The first-order valence-electron chi connectivity index (χ1n) is 10.2. The van der Waals surface area contributed by atoms with Gasteiger partial charge in [0.15, 0.2) is 0 Å². The summed E-state index contributed by atoms with van der Waals surface area (Å²) in [5, 5.41) is 0. The quantitative estimate of drug-likeness (QED) is 0.680. The Morgan fingerprint density at radius 2 is 1.90 bits per heavy atom. The zero-order chi connectivity index (χ0) is 20.9. The highest BCUT2D eigenvalue weighted by atomic mass is 32.2. The lowest BCUT2D eigenvalue weighted by molar-refractivity contribution is -0.130. The van der Waals surface area contributed by atoms with E-state index in [0.717, 1.165) is 39.1 Å². The molecule has 9 heteroatoms. The van der Waals surface area contributed by atoms with Crippen molar-refractivity contribution in [2.24, 2.45) is 0 Å². The van der Waals surface area contributed by atoms with Crippen LogP contribution in [0.15, 0.2) is 24.3 Å². The van der Waals surface area contributed by atoms with Gasteiger partial charge in [-0.2, -0.15) is 0 Å². The summed E-state index contributed by atoms with van der Waals surface area (Å²) in [6.45, 7) is 8.15. The van der Waals surface area contributed by atoms with Gasteiger partial charge in [-0.15, -0.1) is 0 Å². The lowest BCUT2D eigenvalue weighted by Crippen LogP contribution is -2.51. The lowest BCUT2D eigenvalue weighted by Gasteiger charge is -2.35. The summed E-state index contributed by atoms with van der Waals surface area (Å²) in [7, 11) is -3.77. The summed E-state index contributed by atoms with van der Waals surface area (Å²) in [6.07, 6.45) is 2.54. The second kappa shape index (κ2) is 9.77. The topological polar surface area (TPSA) is 88.2 Å². The number of carbonyl (C=O) groups excluding carboxylic acids is 1. The van der Waals surface area contributed by atoms with Crippen LogP contribution in [0.3, 0.4) is 0 Å². The third-order valence-corrected chi connectivity index (χ3v) is 6.20. The Morgan fingerprint density at radius 3 is 2.48 bits per heavy atom. The fourth-order valence-electron chi connectivity index (χ4n) is 3.60. The van der Waals surface area contributed by atoms with Gasteiger partial charge in [0.1, 0.15) is 11.5 Å². The number of carbonyl (C=O) groups is 1. The van der Waals surface area contributed by atoms with Crippen LogP contribution in [0.25, 0.3) is 0 Å². The third-order valence-electron chi connectivity index (χ3n) is 5.02. The Labute approximate surface area is 173 Å². The molecule has 3 rings (SSSR count). The number of piperazine rings is 1. The lowest BCUT2D eigenvalue weighted by atomic mass is 10.2. The molecule has 0 radical (unpaired) electrons. The molecule has 1 aromatic carbocycles. The van der Waals surface area contributed by atoms with E-state index in [1.54, 1.807) is 29.2 Å². The van der Waals surface area contributed by atoms with Gasteiger partial charge in [-0.05, 0) is 51.0 Å². The smallest absolute Gasteiger partial charge is 0.241 e. The van der Waals surface area contributed by atoms with Crippen LogP contribution in [0.2, 0.25) is 0 Å². The van der Waals surface area contributed by atoms with Gasteiger partial charge in [0.25, 0.3) is 0 Å². The van der Waals surface area contributed by atoms with E-state index in [-0.39, 0.29) is 12.0 Å². The molecular formula is C20H31N3O5S. The molecule has 2 aliphatic rings. The van der Waals surface area contributed by atoms with Crippen LogP contribution in [0.5, 0.6) is 5.75 Å². The number of nitrogens with one attached hydrogen (secondary N) is 1. The standard InChI is InChI=1S/C20H31N3O5S/c1-16(2)28-18-7-5-17(6-8-18)21-29(25,26)15-20(24)23-11-9-22(10-12-23)14-19-4-3-13-27-19/h5-8,16,19,21H,3-4,9-15H2,1-2H3. The summed E-state index contributed by atoms with van der Waals surface area (Å²) in [5.74, 6) is -0.253. The summed E-state index contributed by atoms with van der Waals surface area (Å²) in [5.41, 5.74) is 0.412. The first-order valence-corrected chi connectivity index (χ1v) is 11.8. The largest absolute Gasteiger partial charge is 0.491 e. The molecule has 2 heterocycles. The van der Waals surface area contributed by atoms with Gasteiger partial charge in [0.2, 0.25) is 15.9 Å². The van der Waals surface area contributed by atoms with Crippen LogP contribution < -0.4 is 9.46 Å². The minimum Gasteiger partial charge on any atom is -0.491 e. The number of hydrogen-bond donors (Lipinski definition) is 1. The normalized spacial score (nSPS) is 20.8. The molecule has 2 aliphatic heterocycles. The number of benzene rings is 1. The molecule has 1 unspecified atom stereocenters. The Kier molecular flexibility index (Phi) is 7.37. The van der Waals surface area contributed by atoms with E-state index in [1.807, 2.05) is 13.8 Å². The SMILES string of the molecule is CC(C)Oc1ccc(NS(=O)(=O)CC(=O)N2CCN(CC3CCCO3)CC2)cc1. The monoisotopic (exact) mass is 425 g/mol. The highest BCUT2D eigenvalue weighted by molar-refractivity contribution is 7.93. The molecule has 0 spiro atoms. The maximum atomic E-state index is 12.5. The van der Waals surface area contributed by atoms with Gasteiger partial charge in [-0.1, -0.05) is 0 Å². The van der Waals surface area contributed by atoms with Gasteiger partial charge in [0, 0.05) is 45.0 Å². The second-order valence-electron chi connectivity index (χ2n) is 7.87. The molecule has 1 amide bonds. The molecule has 0 bridgehead atoms. The average molecular weight is 426 g/mol. The summed E-state index contributed by atoms with van der Waals surface area (Å²) >= 11 is 0. The maximum absolute atomic E-state index is 12.5. The Morgan fingerprint density at radius 1 is 1.21 bits per heavy atom. The summed E-state index contributed by atoms with van der Waals surface area (Å²) < 4.78 is 38.5. The molecule has 1 atom stereocenters. The third kappa shape index (κ3) is 6.87. The molecule has 0 aromatic heterocycles. The second-order valence-corrected chi connectivity index (χ2v) is 9.59. The summed E-state index contributed by atoms with van der Waals surface area (Å²) in [6, 6.07) is 6.66. The van der Waals surface area contributed by atoms with Gasteiger partial charge in [0.05, 0.1) is 12.2 Å². The van der Waals surface area contributed by atoms with Gasteiger partial charge < -0.3 is 14.4 Å². The van der Waals surface area contributed by atoms with Crippen LogP contribution in [0.4, 0.5) is 5.69 Å². The van der Waals surface area contributed by atoms with Gasteiger partial charge in [-0.25, -0.2) is 8.42 Å². The minimum absolute atomic E-state index is 0.0429. The molecule has 1 N–H and O–H groups in total. The number of sulfonamides is 1. The van der Waals surface area contributed by atoms with E-state index < -0.39 is 15.8 Å². The van der Waals surface area contributed by atoms with Crippen molar-refractivity contribution in [3.63, 3.8) is 0 Å². The van der Waals surface area contributed by atoms with Crippen molar-refractivity contribution >= 4 is 21.6 Å². The number of anilines is 1. The van der Waals surface area contributed by atoms with Crippen molar-refractivity contribution in [3.05, 3.63) is 24.3 Å². The number of ether oxygens (including phenoxy) is 2. The Balaban J connectivity index is 1.45. The molecule has 8 nitrogen and oxygen atoms in total. The highest BCUT2D eigenvalue weighted by Crippen LogP contribution is 2.18. The first kappa shape index (κ1) is 21.9. The van der Waals surface area contributed by atoms with E-state index >= 15 is 0 Å². The molecule has 29 heavy (non-hydrogen) atoms. The molecule has 0 saturated carbocycles. The maximum Gasteiger partial charge on any atom is 0.241 e. The minimum atomic E-state index is -3.77. The molecular weight excluding hydrogens is 394 g/mol. The van der Waals surface area contributed by atoms with E-state index in [2.05, 4.69) is 9.62 Å². The van der Waals surface area contributed by atoms with Crippen LogP contribution >= 0.6 is 0 Å². The Bertz CT molecular complexity index is 768. The molecule has 162 valence electrons. The number of rotatable bonds is 8.